The first kappa shape index (κ1) is 20.7. The second kappa shape index (κ2) is 9.45. The van der Waals surface area contributed by atoms with E-state index in [1.165, 1.54) is 7.11 Å². The molecular weight excluding hydrogens is 396 g/mol. The average Bonchev–Trinajstić information content (AvgIpc) is 2.69. The number of urea groups is 1. The minimum atomic E-state index is -0.796. The zero-order valence-corrected chi connectivity index (χ0v) is 16.6. The first-order valence-corrected chi connectivity index (χ1v) is 9.31. The quantitative estimate of drug-likeness (QED) is 0.529. The summed E-state index contributed by atoms with van der Waals surface area (Å²) in [7, 11) is 1.52. The molecule has 7 nitrogen and oxygen atoms in total. The van der Waals surface area contributed by atoms with Gasteiger partial charge in [0.05, 0.1) is 12.6 Å². The van der Waals surface area contributed by atoms with Crippen LogP contribution in [0.3, 0.4) is 0 Å². The van der Waals surface area contributed by atoms with Gasteiger partial charge >= 0.3 is 12.0 Å². The third-order valence-corrected chi connectivity index (χ3v) is 4.57. The second-order valence-corrected chi connectivity index (χ2v) is 6.80. The van der Waals surface area contributed by atoms with Crippen LogP contribution >= 0.6 is 11.6 Å². The van der Waals surface area contributed by atoms with Gasteiger partial charge in [-0.05, 0) is 42.0 Å². The van der Waals surface area contributed by atoms with Crippen LogP contribution in [-0.2, 0) is 14.3 Å². The van der Waals surface area contributed by atoms with Crippen molar-refractivity contribution in [3.63, 3.8) is 0 Å². The van der Waals surface area contributed by atoms with E-state index in [2.05, 4.69) is 17.2 Å². The first-order valence-electron chi connectivity index (χ1n) is 8.93. The molecule has 1 saturated heterocycles. The lowest BCUT2D eigenvalue weighted by Crippen LogP contribution is -2.51. The lowest BCUT2D eigenvalue weighted by Gasteiger charge is -2.33. The molecule has 2 atom stereocenters. The Bertz CT molecular complexity index is 900. The smallest absolute Gasteiger partial charge is 0.319 e. The second-order valence-electron chi connectivity index (χ2n) is 6.37. The number of hydrogen-bond acceptors (Lipinski definition) is 5. The summed E-state index contributed by atoms with van der Waals surface area (Å²) in [5, 5.41) is 5.92. The number of methoxy groups -OCH3 is 1. The molecule has 0 saturated carbocycles. The molecule has 8 heteroatoms. The van der Waals surface area contributed by atoms with E-state index in [0.717, 1.165) is 0 Å². The van der Waals surface area contributed by atoms with E-state index in [9.17, 15) is 9.59 Å². The van der Waals surface area contributed by atoms with Crippen molar-refractivity contribution in [1.82, 2.24) is 10.6 Å². The molecule has 2 N–H and O–H groups in total. The van der Waals surface area contributed by atoms with Crippen LogP contribution < -0.4 is 15.4 Å². The Morgan fingerprint density at radius 3 is 2.62 bits per heavy atom. The van der Waals surface area contributed by atoms with E-state index in [4.69, 9.17) is 25.8 Å². The monoisotopic (exact) mass is 416 g/mol. The minimum absolute atomic E-state index is 0.111. The molecule has 1 aliphatic rings. The Balaban J connectivity index is 1.83. The van der Waals surface area contributed by atoms with Crippen LogP contribution in [0.4, 0.5) is 4.79 Å². The molecule has 2 aromatic carbocycles. The molecule has 152 valence electrons. The topological polar surface area (TPSA) is 85.9 Å². The van der Waals surface area contributed by atoms with Crippen molar-refractivity contribution in [2.75, 3.05) is 20.3 Å². The highest BCUT2D eigenvalue weighted by molar-refractivity contribution is 6.30. The lowest BCUT2D eigenvalue weighted by atomic mass is 9.89. The van der Waals surface area contributed by atoms with Gasteiger partial charge in [0.15, 0.2) is 0 Å². The summed E-state index contributed by atoms with van der Waals surface area (Å²) in [4.78, 5) is 24.6. The third-order valence-electron chi connectivity index (χ3n) is 4.32. The van der Waals surface area contributed by atoms with Crippen LogP contribution in [0.5, 0.6) is 11.5 Å². The zero-order valence-electron chi connectivity index (χ0n) is 15.8. The van der Waals surface area contributed by atoms with Crippen LogP contribution in [0.2, 0.25) is 5.02 Å². The molecule has 0 aromatic heterocycles. The lowest BCUT2D eigenvalue weighted by molar-refractivity contribution is -0.149. The molecule has 3 rings (SSSR count). The van der Waals surface area contributed by atoms with Gasteiger partial charge < -0.3 is 24.8 Å². The van der Waals surface area contributed by atoms with Crippen molar-refractivity contribution < 1.29 is 23.8 Å². The molecule has 0 radical (unpaired) electrons. The average molecular weight is 417 g/mol. The molecule has 1 heterocycles. The van der Waals surface area contributed by atoms with Crippen molar-refractivity contribution in [1.29, 1.82) is 0 Å². The largest absolute Gasteiger partial charge is 0.463 e. The van der Waals surface area contributed by atoms with Crippen molar-refractivity contribution in [2.45, 2.75) is 6.04 Å². The number of esters is 1. The van der Waals surface area contributed by atoms with Gasteiger partial charge in [-0.15, -0.1) is 0 Å². The number of benzene rings is 2. The summed E-state index contributed by atoms with van der Waals surface area (Å²) < 4.78 is 16.0. The van der Waals surface area contributed by atoms with E-state index < -0.39 is 24.0 Å². The number of ether oxygens (including phenoxy) is 3. The molecule has 1 fully saturated rings. The van der Waals surface area contributed by atoms with Gasteiger partial charge in [0.1, 0.15) is 24.0 Å². The summed E-state index contributed by atoms with van der Waals surface area (Å²) in [5.41, 5.74) is 0.950. The SMILES string of the molecule is C=C1NC(=O)N[C@@H](c2cccc(Oc3ccc(Cl)cc3)c2)[C@@H]1C(=O)OCCOC. The van der Waals surface area contributed by atoms with Gasteiger partial charge in [0.25, 0.3) is 0 Å². The van der Waals surface area contributed by atoms with Gasteiger partial charge in [-0.3, -0.25) is 4.79 Å². The summed E-state index contributed by atoms with van der Waals surface area (Å²) in [6.07, 6.45) is 0. The standard InChI is InChI=1S/C21H21ClN2O5/c1-13-18(20(25)28-11-10-27-2)19(24-21(26)23-13)14-4-3-5-17(12-14)29-16-8-6-15(22)7-9-16/h3-9,12,18-19H,1,10-11H2,2H3,(H2,23,24,26)/t18-,19+/m1/s1. The maximum Gasteiger partial charge on any atom is 0.319 e. The van der Waals surface area contributed by atoms with Crippen molar-refractivity contribution in [2.24, 2.45) is 5.92 Å². The number of nitrogens with one attached hydrogen (secondary N) is 2. The number of rotatable bonds is 7. The molecule has 29 heavy (non-hydrogen) atoms. The molecule has 0 spiro atoms. The van der Waals surface area contributed by atoms with Crippen LogP contribution in [-0.4, -0.2) is 32.3 Å². The number of amides is 2. The number of carbonyl (C=O) groups is 2. The van der Waals surface area contributed by atoms with Crippen molar-refractivity contribution in [3.8, 4) is 11.5 Å². The van der Waals surface area contributed by atoms with E-state index in [1.807, 2.05) is 0 Å². The maximum absolute atomic E-state index is 12.6. The van der Waals surface area contributed by atoms with E-state index in [0.29, 0.717) is 22.1 Å². The maximum atomic E-state index is 12.6. The Hall–Kier alpha value is -3.03. The predicted molar refractivity (Wildman–Crippen MR) is 108 cm³/mol. The minimum Gasteiger partial charge on any atom is -0.463 e. The van der Waals surface area contributed by atoms with Crippen LogP contribution in [0.1, 0.15) is 11.6 Å². The third kappa shape index (κ3) is 5.28. The predicted octanol–water partition coefficient (Wildman–Crippen LogP) is 3.81. The molecule has 2 amide bonds. The molecule has 0 unspecified atom stereocenters. The van der Waals surface area contributed by atoms with Crippen molar-refractivity contribution in [3.05, 3.63) is 71.4 Å². The molecular formula is C21H21ClN2O5. The summed E-state index contributed by atoms with van der Waals surface area (Å²) in [5.74, 6) is -0.139. The van der Waals surface area contributed by atoms with Gasteiger partial charge in [0, 0.05) is 17.8 Å². The Morgan fingerprint density at radius 1 is 1.14 bits per heavy atom. The molecule has 0 aliphatic carbocycles. The fraction of sp³-hybridized carbons (Fsp3) is 0.238. The fourth-order valence-corrected chi connectivity index (χ4v) is 3.09. The molecule has 0 bridgehead atoms. The Morgan fingerprint density at radius 2 is 1.90 bits per heavy atom. The fourth-order valence-electron chi connectivity index (χ4n) is 2.97. The highest BCUT2D eigenvalue weighted by atomic mass is 35.5. The van der Waals surface area contributed by atoms with Crippen LogP contribution in [0, 0.1) is 5.92 Å². The van der Waals surface area contributed by atoms with Gasteiger partial charge in [-0.25, -0.2) is 4.79 Å². The molecule has 1 aliphatic heterocycles. The van der Waals surface area contributed by atoms with Gasteiger partial charge in [-0.2, -0.15) is 0 Å². The normalized spacial score (nSPS) is 18.6. The first-order chi connectivity index (χ1) is 14.0. The highest BCUT2D eigenvalue weighted by Crippen LogP contribution is 2.33. The van der Waals surface area contributed by atoms with Crippen LogP contribution in [0.15, 0.2) is 60.8 Å². The van der Waals surface area contributed by atoms with E-state index in [1.54, 1.807) is 48.5 Å². The van der Waals surface area contributed by atoms with Gasteiger partial charge in [-0.1, -0.05) is 30.3 Å². The zero-order chi connectivity index (χ0) is 20.8. The van der Waals surface area contributed by atoms with E-state index in [-0.39, 0.29) is 18.9 Å². The van der Waals surface area contributed by atoms with E-state index >= 15 is 0 Å². The summed E-state index contributed by atoms with van der Waals surface area (Å²) in [6.45, 7) is 4.21. The summed E-state index contributed by atoms with van der Waals surface area (Å²) >= 11 is 5.90. The number of carbonyl (C=O) groups excluding carboxylic acids is 2. The summed E-state index contributed by atoms with van der Waals surface area (Å²) in [6, 6.07) is 13.0. The molecule has 2 aromatic rings. The Kier molecular flexibility index (Phi) is 6.74. The van der Waals surface area contributed by atoms with Gasteiger partial charge in [0.2, 0.25) is 0 Å². The van der Waals surface area contributed by atoms with Crippen LogP contribution in [0.25, 0.3) is 0 Å². The van der Waals surface area contributed by atoms with Crippen molar-refractivity contribution >= 4 is 23.6 Å². The Labute approximate surface area is 173 Å². The number of hydrogen-bond donors (Lipinski definition) is 2. The number of halogens is 1. The highest BCUT2D eigenvalue weighted by Gasteiger charge is 2.39.